The van der Waals surface area contributed by atoms with Crippen molar-refractivity contribution in [1.29, 1.82) is 0 Å². The first-order chi connectivity index (χ1) is 6.72. The summed E-state index contributed by atoms with van der Waals surface area (Å²) in [5, 5.41) is 10.4. The van der Waals surface area contributed by atoms with Gasteiger partial charge in [0.1, 0.15) is 5.15 Å². The van der Waals surface area contributed by atoms with Crippen molar-refractivity contribution in [3.05, 3.63) is 10.0 Å². The normalized spacial score (nSPS) is 16.8. The topological polar surface area (TPSA) is 36.4 Å². The van der Waals surface area contributed by atoms with Crippen LogP contribution in [0, 0.1) is 0 Å². The molecule has 1 fully saturated rings. The number of nitrogens with zero attached hydrogens (tertiary/aromatic N) is 2. The zero-order valence-corrected chi connectivity index (χ0v) is 9.61. The smallest absolute Gasteiger partial charge is 0.187 e. The minimum atomic E-state index is -0.0188. The van der Waals surface area contributed by atoms with Crippen molar-refractivity contribution in [3.63, 3.8) is 0 Å². The van der Waals surface area contributed by atoms with Gasteiger partial charge >= 0.3 is 0 Å². The Morgan fingerprint density at radius 3 is 2.79 bits per heavy atom. The molecule has 1 aromatic heterocycles. The van der Waals surface area contributed by atoms with E-state index in [-0.39, 0.29) is 6.61 Å². The molecule has 1 heterocycles. The van der Waals surface area contributed by atoms with Gasteiger partial charge in [0.2, 0.25) is 0 Å². The summed E-state index contributed by atoms with van der Waals surface area (Å²) >= 11 is 7.35. The summed E-state index contributed by atoms with van der Waals surface area (Å²) in [6, 6.07) is 0.615. The maximum atomic E-state index is 8.99. The van der Waals surface area contributed by atoms with Crippen molar-refractivity contribution >= 4 is 28.1 Å². The van der Waals surface area contributed by atoms with Gasteiger partial charge in [-0.25, -0.2) is 4.98 Å². The molecule has 78 valence electrons. The molecule has 3 nitrogen and oxygen atoms in total. The molecule has 0 atom stereocenters. The summed E-state index contributed by atoms with van der Waals surface area (Å²) in [7, 11) is 2.04. The number of aliphatic hydroxyl groups excluding tert-OH is 1. The third-order valence-corrected chi connectivity index (χ3v) is 4.26. The third-order valence-electron chi connectivity index (χ3n) is 2.71. The van der Waals surface area contributed by atoms with Gasteiger partial charge in [0.05, 0.1) is 11.5 Å². The number of thiazole rings is 1. The summed E-state index contributed by atoms with van der Waals surface area (Å²) in [5.74, 6) is 0. The fraction of sp³-hybridized carbons (Fsp3) is 0.667. The molecule has 1 N–H and O–H groups in total. The molecule has 0 radical (unpaired) electrons. The molecular formula is C9H13ClN2OS. The fourth-order valence-electron chi connectivity index (χ4n) is 1.50. The molecule has 14 heavy (non-hydrogen) atoms. The molecule has 1 aromatic rings. The van der Waals surface area contributed by atoms with E-state index >= 15 is 0 Å². The van der Waals surface area contributed by atoms with Crippen LogP contribution in [0.3, 0.4) is 0 Å². The van der Waals surface area contributed by atoms with Crippen LogP contribution in [0.4, 0.5) is 5.13 Å². The van der Waals surface area contributed by atoms with Crippen molar-refractivity contribution in [2.45, 2.75) is 31.9 Å². The zero-order chi connectivity index (χ0) is 10.1. The van der Waals surface area contributed by atoms with Crippen LogP contribution in [0.5, 0.6) is 0 Å². The predicted octanol–water partition coefficient (Wildman–Crippen LogP) is 2.28. The van der Waals surface area contributed by atoms with E-state index in [2.05, 4.69) is 9.88 Å². The summed E-state index contributed by atoms with van der Waals surface area (Å²) in [4.78, 5) is 7.16. The Labute approximate surface area is 92.3 Å². The van der Waals surface area contributed by atoms with E-state index in [4.69, 9.17) is 16.7 Å². The summed E-state index contributed by atoms with van der Waals surface area (Å²) < 4.78 is 0. The molecule has 1 aliphatic carbocycles. The van der Waals surface area contributed by atoms with Gasteiger partial charge < -0.3 is 10.0 Å². The largest absolute Gasteiger partial charge is 0.391 e. The molecule has 0 aromatic carbocycles. The van der Waals surface area contributed by atoms with Crippen LogP contribution < -0.4 is 4.90 Å². The van der Waals surface area contributed by atoms with Crippen molar-refractivity contribution in [1.82, 2.24) is 4.98 Å². The number of halogens is 1. The lowest BCUT2D eigenvalue weighted by Gasteiger charge is -2.34. The summed E-state index contributed by atoms with van der Waals surface area (Å²) in [6.45, 7) is -0.0188. The number of hydrogen-bond acceptors (Lipinski definition) is 4. The Hall–Kier alpha value is -0.320. The van der Waals surface area contributed by atoms with Gasteiger partial charge in [0, 0.05) is 13.1 Å². The minimum absolute atomic E-state index is 0.0188. The highest BCUT2D eigenvalue weighted by atomic mass is 35.5. The first-order valence-corrected chi connectivity index (χ1v) is 5.90. The van der Waals surface area contributed by atoms with Crippen LogP contribution in [-0.4, -0.2) is 23.2 Å². The predicted molar refractivity (Wildman–Crippen MR) is 59.1 cm³/mol. The SMILES string of the molecule is CN(c1nc(Cl)c(CO)s1)C1CCC1. The lowest BCUT2D eigenvalue weighted by atomic mass is 9.92. The van der Waals surface area contributed by atoms with E-state index in [1.807, 2.05) is 7.05 Å². The fourth-order valence-corrected chi connectivity index (χ4v) is 2.65. The number of anilines is 1. The molecule has 0 spiro atoms. The van der Waals surface area contributed by atoms with E-state index in [1.54, 1.807) is 0 Å². The Morgan fingerprint density at radius 1 is 1.64 bits per heavy atom. The molecule has 0 unspecified atom stereocenters. The molecular weight excluding hydrogens is 220 g/mol. The average Bonchev–Trinajstić information content (AvgIpc) is 2.43. The van der Waals surface area contributed by atoms with Gasteiger partial charge in [-0.1, -0.05) is 22.9 Å². The highest BCUT2D eigenvalue weighted by Crippen LogP contribution is 2.34. The highest BCUT2D eigenvalue weighted by molar-refractivity contribution is 7.16. The minimum Gasteiger partial charge on any atom is -0.391 e. The average molecular weight is 233 g/mol. The first-order valence-electron chi connectivity index (χ1n) is 4.71. The molecule has 0 bridgehead atoms. The molecule has 0 amide bonds. The van der Waals surface area contributed by atoms with Crippen molar-refractivity contribution in [2.75, 3.05) is 11.9 Å². The van der Waals surface area contributed by atoms with Gasteiger partial charge in [-0.3, -0.25) is 0 Å². The second-order valence-electron chi connectivity index (χ2n) is 3.56. The maximum Gasteiger partial charge on any atom is 0.187 e. The Bertz CT molecular complexity index is 325. The van der Waals surface area contributed by atoms with Crippen molar-refractivity contribution in [2.24, 2.45) is 0 Å². The lowest BCUT2D eigenvalue weighted by Crippen LogP contribution is -2.36. The van der Waals surface area contributed by atoms with Crippen LogP contribution in [0.1, 0.15) is 24.1 Å². The van der Waals surface area contributed by atoms with E-state index < -0.39 is 0 Å². The van der Waals surface area contributed by atoms with E-state index in [0.29, 0.717) is 11.2 Å². The first kappa shape index (κ1) is 10.2. The molecule has 5 heteroatoms. The standard InChI is InChI=1S/C9H13ClN2OS/c1-12(6-3-2-4-6)9-11-8(10)7(5-13)14-9/h6,13H,2-5H2,1H3. The molecule has 0 saturated heterocycles. The van der Waals surface area contributed by atoms with Crippen LogP contribution in [0.25, 0.3) is 0 Å². The Balaban J connectivity index is 2.14. The van der Waals surface area contributed by atoms with Gasteiger partial charge in [-0.05, 0) is 19.3 Å². The van der Waals surface area contributed by atoms with E-state index in [0.717, 1.165) is 10.0 Å². The molecule has 0 aliphatic heterocycles. The molecule has 1 saturated carbocycles. The molecule has 1 aliphatic rings. The van der Waals surface area contributed by atoms with E-state index in [9.17, 15) is 0 Å². The van der Waals surface area contributed by atoms with Crippen LogP contribution in [-0.2, 0) is 6.61 Å². The Morgan fingerprint density at radius 2 is 2.36 bits per heavy atom. The molecule has 2 rings (SSSR count). The number of hydrogen-bond donors (Lipinski definition) is 1. The van der Waals surface area contributed by atoms with Gasteiger partial charge in [-0.15, -0.1) is 0 Å². The number of rotatable bonds is 3. The van der Waals surface area contributed by atoms with Crippen LogP contribution in [0.15, 0.2) is 0 Å². The number of aliphatic hydroxyl groups is 1. The zero-order valence-electron chi connectivity index (χ0n) is 8.03. The summed E-state index contributed by atoms with van der Waals surface area (Å²) in [5.41, 5.74) is 0. The van der Waals surface area contributed by atoms with Gasteiger partial charge in [0.25, 0.3) is 0 Å². The third kappa shape index (κ3) is 1.74. The Kier molecular flexibility index (Phi) is 2.95. The monoisotopic (exact) mass is 232 g/mol. The number of aromatic nitrogens is 1. The van der Waals surface area contributed by atoms with Crippen molar-refractivity contribution in [3.8, 4) is 0 Å². The van der Waals surface area contributed by atoms with E-state index in [1.165, 1.54) is 30.6 Å². The lowest BCUT2D eigenvalue weighted by molar-refractivity contribution is 0.285. The summed E-state index contributed by atoms with van der Waals surface area (Å²) in [6.07, 6.45) is 3.78. The van der Waals surface area contributed by atoms with Gasteiger partial charge in [0.15, 0.2) is 5.13 Å². The maximum absolute atomic E-state index is 8.99. The highest BCUT2D eigenvalue weighted by Gasteiger charge is 2.24. The van der Waals surface area contributed by atoms with Gasteiger partial charge in [-0.2, -0.15) is 0 Å². The van der Waals surface area contributed by atoms with Crippen LogP contribution in [0.2, 0.25) is 5.15 Å². The second kappa shape index (κ2) is 4.04. The van der Waals surface area contributed by atoms with Crippen LogP contribution >= 0.6 is 22.9 Å². The van der Waals surface area contributed by atoms with Crippen molar-refractivity contribution < 1.29 is 5.11 Å². The quantitative estimate of drug-likeness (QED) is 0.869. The second-order valence-corrected chi connectivity index (χ2v) is 4.98.